The highest BCUT2D eigenvalue weighted by molar-refractivity contribution is 4.92. The topological polar surface area (TPSA) is 3.24 Å². The molecule has 0 aromatic heterocycles. The van der Waals surface area contributed by atoms with Crippen molar-refractivity contribution in [1.82, 2.24) is 4.90 Å². The molecular weight excluding hydrogens is 242 g/mol. The molecule has 2 fully saturated rings. The second-order valence-electron chi connectivity index (χ2n) is 7.38. The van der Waals surface area contributed by atoms with Gasteiger partial charge in [-0.1, -0.05) is 64.7 Å². The normalized spacial score (nSPS) is 31.2. The minimum absolute atomic E-state index is 0.861. The highest BCUT2D eigenvalue weighted by Gasteiger charge is 2.36. The summed E-state index contributed by atoms with van der Waals surface area (Å²) in [4.78, 5) is 2.93. The molecule has 0 unspecified atom stereocenters. The first kappa shape index (κ1) is 16.3. The van der Waals surface area contributed by atoms with Crippen molar-refractivity contribution in [2.75, 3.05) is 0 Å². The minimum atomic E-state index is 0.861. The van der Waals surface area contributed by atoms with Crippen molar-refractivity contribution in [3.63, 3.8) is 0 Å². The van der Waals surface area contributed by atoms with Crippen LogP contribution in [0.1, 0.15) is 104 Å². The van der Waals surface area contributed by atoms with Crippen molar-refractivity contribution in [1.29, 1.82) is 0 Å². The molecule has 118 valence electrons. The fraction of sp³-hybridized carbons (Fsp3) is 1.00. The van der Waals surface area contributed by atoms with E-state index < -0.39 is 0 Å². The molecule has 0 aliphatic carbocycles. The van der Waals surface area contributed by atoms with Crippen molar-refractivity contribution in [3.8, 4) is 0 Å². The van der Waals surface area contributed by atoms with Crippen molar-refractivity contribution >= 4 is 0 Å². The summed E-state index contributed by atoms with van der Waals surface area (Å²) >= 11 is 0. The molecule has 1 heteroatoms. The van der Waals surface area contributed by atoms with Crippen LogP contribution in [0.15, 0.2) is 0 Å². The standard InChI is InChI=1S/C19H37N/c1-3-4-5-6-7-8-9-13-18-15-16-19-14-11-10-12-17(2)20(18)19/h17-19H,3-16H2,1-2H3/t17-,18+,19+/m0/s1. The first-order chi connectivity index (χ1) is 9.83. The Morgan fingerprint density at radius 3 is 2.30 bits per heavy atom. The molecule has 2 aliphatic heterocycles. The van der Waals surface area contributed by atoms with Crippen LogP contribution in [0, 0.1) is 0 Å². The van der Waals surface area contributed by atoms with Gasteiger partial charge in [-0.25, -0.2) is 0 Å². The highest BCUT2D eigenvalue weighted by atomic mass is 15.2. The lowest BCUT2D eigenvalue weighted by atomic mass is 10.0. The third-order valence-corrected chi connectivity index (χ3v) is 5.74. The maximum atomic E-state index is 2.93. The summed E-state index contributed by atoms with van der Waals surface area (Å²) in [5, 5.41) is 0. The number of rotatable bonds is 8. The molecule has 0 radical (unpaired) electrons. The van der Waals surface area contributed by atoms with E-state index in [0.29, 0.717) is 0 Å². The molecule has 0 bridgehead atoms. The van der Waals surface area contributed by atoms with Gasteiger partial charge in [-0.2, -0.15) is 0 Å². The summed E-state index contributed by atoms with van der Waals surface area (Å²) in [6, 6.07) is 2.74. The van der Waals surface area contributed by atoms with Crippen LogP contribution >= 0.6 is 0 Å². The average Bonchev–Trinajstić information content (AvgIpc) is 2.76. The van der Waals surface area contributed by atoms with Gasteiger partial charge in [-0.05, 0) is 39.0 Å². The van der Waals surface area contributed by atoms with Crippen LogP contribution in [-0.2, 0) is 0 Å². The minimum Gasteiger partial charge on any atom is -0.295 e. The Kier molecular flexibility index (Phi) is 7.41. The third-order valence-electron chi connectivity index (χ3n) is 5.74. The first-order valence-electron chi connectivity index (χ1n) is 9.60. The van der Waals surface area contributed by atoms with Gasteiger partial charge in [-0.3, -0.25) is 4.90 Å². The monoisotopic (exact) mass is 279 g/mol. The molecule has 0 N–H and O–H groups in total. The van der Waals surface area contributed by atoms with Gasteiger partial charge >= 0.3 is 0 Å². The van der Waals surface area contributed by atoms with Gasteiger partial charge < -0.3 is 0 Å². The highest BCUT2D eigenvalue weighted by Crippen LogP contribution is 2.36. The molecule has 3 atom stereocenters. The maximum Gasteiger partial charge on any atom is 0.0102 e. The molecule has 0 amide bonds. The molecule has 0 spiro atoms. The summed E-state index contributed by atoms with van der Waals surface area (Å²) in [6.45, 7) is 4.79. The predicted molar refractivity (Wildman–Crippen MR) is 89.2 cm³/mol. The second-order valence-corrected chi connectivity index (χ2v) is 7.38. The smallest absolute Gasteiger partial charge is 0.0102 e. The molecule has 0 aromatic carbocycles. The van der Waals surface area contributed by atoms with Crippen LogP contribution in [0.4, 0.5) is 0 Å². The van der Waals surface area contributed by atoms with Gasteiger partial charge in [0.05, 0.1) is 0 Å². The Labute approximate surface area is 127 Å². The quantitative estimate of drug-likeness (QED) is 0.498. The molecule has 2 heterocycles. The zero-order valence-corrected chi connectivity index (χ0v) is 14.1. The van der Waals surface area contributed by atoms with Crippen LogP contribution in [-0.4, -0.2) is 23.0 Å². The molecule has 20 heavy (non-hydrogen) atoms. The predicted octanol–water partition coefficient (Wildman–Crippen LogP) is 5.92. The fourth-order valence-electron chi connectivity index (χ4n) is 4.59. The van der Waals surface area contributed by atoms with Crippen molar-refractivity contribution in [3.05, 3.63) is 0 Å². The Hall–Kier alpha value is -0.0400. The molecule has 2 rings (SSSR count). The summed E-state index contributed by atoms with van der Waals surface area (Å²) in [5.41, 5.74) is 0. The van der Waals surface area contributed by atoms with E-state index >= 15 is 0 Å². The fourth-order valence-corrected chi connectivity index (χ4v) is 4.59. The van der Waals surface area contributed by atoms with Crippen LogP contribution in [0.3, 0.4) is 0 Å². The van der Waals surface area contributed by atoms with Gasteiger partial charge in [0.15, 0.2) is 0 Å². The molecule has 2 saturated heterocycles. The van der Waals surface area contributed by atoms with Crippen molar-refractivity contribution in [2.24, 2.45) is 0 Å². The zero-order chi connectivity index (χ0) is 14.2. The van der Waals surface area contributed by atoms with E-state index in [-0.39, 0.29) is 0 Å². The summed E-state index contributed by atoms with van der Waals surface area (Å²) < 4.78 is 0. The van der Waals surface area contributed by atoms with E-state index in [2.05, 4.69) is 18.7 Å². The van der Waals surface area contributed by atoms with Gasteiger partial charge in [-0.15, -0.1) is 0 Å². The van der Waals surface area contributed by atoms with Crippen LogP contribution in [0.5, 0.6) is 0 Å². The van der Waals surface area contributed by atoms with Gasteiger partial charge in [0, 0.05) is 18.1 Å². The van der Waals surface area contributed by atoms with E-state index in [0.717, 1.165) is 18.1 Å². The molecule has 0 saturated carbocycles. The van der Waals surface area contributed by atoms with Gasteiger partial charge in [0.25, 0.3) is 0 Å². The Morgan fingerprint density at radius 2 is 1.50 bits per heavy atom. The van der Waals surface area contributed by atoms with Crippen LogP contribution in [0.2, 0.25) is 0 Å². The lowest BCUT2D eigenvalue weighted by molar-refractivity contribution is 0.132. The summed E-state index contributed by atoms with van der Waals surface area (Å²) in [6.07, 6.45) is 20.5. The average molecular weight is 280 g/mol. The number of fused-ring (bicyclic) bond motifs is 1. The van der Waals surface area contributed by atoms with Crippen LogP contribution in [0.25, 0.3) is 0 Å². The van der Waals surface area contributed by atoms with Crippen LogP contribution < -0.4 is 0 Å². The lowest BCUT2D eigenvalue weighted by Gasteiger charge is -2.34. The number of nitrogens with zero attached hydrogens (tertiary/aromatic N) is 1. The molecule has 1 nitrogen and oxygen atoms in total. The third kappa shape index (κ3) is 4.76. The van der Waals surface area contributed by atoms with E-state index in [9.17, 15) is 0 Å². The van der Waals surface area contributed by atoms with Gasteiger partial charge in [0.2, 0.25) is 0 Å². The van der Waals surface area contributed by atoms with Gasteiger partial charge in [0.1, 0.15) is 0 Å². The number of unbranched alkanes of at least 4 members (excludes halogenated alkanes) is 6. The van der Waals surface area contributed by atoms with Crippen molar-refractivity contribution in [2.45, 2.75) is 122 Å². The van der Waals surface area contributed by atoms with E-state index in [1.54, 1.807) is 0 Å². The summed E-state index contributed by atoms with van der Waals surface area (Å²) in [5.74, 6) is 0. The van der Waals surface area contributed by atoms with Crippen molar-refractivity contribution < 1.29 is 0 Å². The maximum absolute atomic E-state index is 2.93. The number of hydrogen-bond donors (Lipinski definition) is 0. The second kappa shape index (κ2) is 9.07. The molecule has 0 aromatic rings. The number of hydrogen-bond acceptors (Lipinski definition) is 1. The Bertz CT molecular complexity index is 250. The van der Waals surface area contributed by atoms with E-state index in [4.69, 9.17) is 0 Å². The Balaban J connectivity index is 1.63. The van der Waals surface area contributed by atoms with E-state index in [1.807, 2.05) is 0 Å². The lowest BCUT2D eigenvalue weighted by Crippen LogP contribution is -2.41. The summed E-state index contributed by atoms with van der Waals surface area (Å²) in [7, 11) is 0. The van der Waals surface area contributed by atoms with E-state index in [1.165, 1.54) is 89.9 Å². The molecular formula is C19H37N. The molecule has 2 aliphatic rings. The first-order valence-corrected chi connectivity index (χ1v) is 9.60. The zero-order valence-electron chi connectivity index (χ0n) is 14.1. The Morgan fingerprint density at radius 1 is 0.800 bits per heavy atom. The SMILES string of the molecule is CCCCCCCCC[C@@H]1CC[C@H]2CCCC[C@H](C)N12. The largest absolute Gasteiger partial charge is 0.295 e.